The molecule has 0 saturated carbocycles. The zero-order chi connectivity index (χ0) is 21.9. The molecule has 0 heterocycles. The summed E-state index contributed by atoms with van der Waals surface area (Å²) in [6.07, 6.45) is 3.91. The van der Waals surface area contributed by atoms with Gasteiger partial charge in [0, 0.05) is 24.8 Å². The normalized spacial score (nSPS) is 12.6. The molecule has 2 aromatic carbocycles. The van der Waals surface area contributed by atoms with E-state index in [1.165, 1.54) is 11.1 Å². The van der Waals surface area contributed by atoms with Crippen LogP contribution in [0.1, 0.15) is 58.6 Å². The van der Waals surface area contributed by atoms with E-state index in [-0.39, 0.29) is 6.61 Å². The van der Waals surface area contributed by atoms with Crippen LogP contribution >= 0.6 is 0 Å². The molecule has 2 aromatic rings. The smallest absolute Gasteiger partial charge is 0.129 e. The van der Waals surface area contributed by atoms with E-state index in [9.17, 15) is 5.11 Å². The van der Waals surface area contributed by atoms with Crippen molar-refractivity contribution in [2.45, 2.75) is 53.5 Å². The molecule has 3 nitrogen and oxygen atoms in total. The summed E-state index contributed by atoms with van der Waals surface area (Å²) in [6, 6.07) is 21.2. The van der Waals surface area contributed by atoms with Gasteiger partial charge in [-0.25, -0.2) is 4.99 Å². The molecule has 30 heavy (non-hydrogen) atoms. The zero-order valence-corrected chi connectivity index (χ0v) is 19.1. The summed E-state index contributed by atoms with van der Waals surface area (Å²) < 4.78 is 0. The van der Waals surface area contributed by atoms with Crippen LogP contribution in [0.15, 0.2) is 77.3 Å². The lowest BCUT2D eigenvalue weighted by Crippen LogP contribution is -2.37. The molecule has 0 aliphatic heterocycles. The topological polar surface area (TPSA) is 35.8 Å². The highest BCUT2D eigenvalue weighted by molar-refractivity contribution is 6.01. The number of rotatable bonds is 9. The Morgan fingerprint density at radius 2 is 1.47 bits per heavy atom. The van der Waals surface area contributed by atoms with Gasteiger partial charge in [-0.05, 0) is 64.7 Å². The Labute approximate surface area is 182 Å². The number of unbranched alkanes of at least 4 members (excludes halogenated alkanes) is 1. The van der Waals surface area contributed by atoms with Crippen molar-refractivity contribution in [1.29, 1.82) is 0 Å². The molecular formula is C27H36N2O. The molecule has 2 rings (SSSR count). The summed E-state index contributed by atoms with van der Waals surface area (Å²) in [4.78, 5) is 7.58. The molecule has 0 atom stereocenters. The van der Waals surface area contributed by atoms with Crippen LogP contribution < -0.4 is 0 Å². The fourth-order valence-electron chi connectivity index (χ4n) is 3.37. The van der Waals surface area contributed by atoms with Crippen molar-refractivity contribution in [3.05, 3.63) is 83.4 Å². The van der Waals surface area contributed by atoms with Crippen molar-refractivity contribution in [2.24, 2.45) is 4.99 Å². The Morgan fingerprint density at radius 1 is 0.900 bits per heavy atom. The third-order valence-electron chi connectivity index (χ3n) is 4.98. The van der Waals surface area contributed by atoms with Gasteiger partial charge in [-0.2, -0.15) is 0 Å². The highest BCUT2D eigenvalue weighted by atomic mass is 16.2. The van der Waals surface area contributed by atoms with E-state index in [1.807, 2.05) is 12.1 Å². The van der Waals surface area contributed by atoms with Crippen LogP contribution in [-0.2, 0) is 0 Å². The van der Waals surface area contributed by atoms with Crippen molar-refractivity contribution in [2.75, 3.05) is 13.2 Å². The molecule has 0 unspecified atom stereocenters. The van der Waals surface area contributed by atoms with Crippen molar-refractivity contribution in [3.8, 4) is 0 Å². The van der Waals surface area contributed by atoms with Gasteiger partial charge in [-0.15, -0.1) is 0 Å². The van der Waals surface area contributed by atoms with Gasteiger partial charge in [-0.1, -0.05) is 66.2 Å². The monoisotopic (exact) mass is 404 g/mol. The Morgan fingerprint density at radius 3 is 1.97 bits per heavy atom. The summed E-state index contributed by atoms with van der Waals surface area (Å²) in [5.74, 6) is 0.970. The summed E-state index contributed by atoms with van der Waals surface area (Å²) in [5.41, 5.74) is 5.64. The maximum absolute atomic E-state index is 9.23. The van der Waals surface area contributed by atoms with Crippen molar-refractivity contribution < 1.29 is 5.11 Å². The Balaban J connectivity index is 2.64. The van der Waals surface area contributed by atoms with E-state index < -0.39 is 0 Å². The maximum Gasteiger partial charge on any atom is 0.129 e. The molecule has 0 amide bonds. The molecule has 0 aliphatic rings. The van der Waals surface area contributed by atoms with Crippen LogP contribution in [0.5, 0.6) is 0 Å². The second kappa shape index (κ2) is 12.1. The maximum atomic E-state index is 9.23. The van der Waals surface area contributed by atoms with Gasteiger partial charge in [0.2, 0.25) is 0 Å². The van der Waals surface area contributed by atoms with E-state index >= 15 is 0 Å². The number of benzene rings is 2. The molecule has 0 aliphatic carbocycles. The fraction of sp³-hybridized carbons (Fsp3) is 0.370. The minimum absolute atomic E-state index is 0.226. The lowest BCUT2D eigenvalue weighted by atomic mass is 10.0. The van der Waals surface area contributed by atoms with Crippen LogP contribution in [0.4, 0.5) is 0 Å². The van der Waals surface area contributed by atoms with Gasteiger partial charge in [-0.3, -0.25) is 0 Å². The first kappa shape index (κ1) is 23.6. The SMILES string of the molecule is CC(C)=CC(=N/C(=C(\C)c1ccccc1)c1ccccc1)N(CCCCO)C(C)C. The Kier molecular flexibility index (Phi) is 9.56. The first-order valence-corrected chi connectivity index (χ1v) is 10.9. The minimum Gasteiger partial charge on any atom is -0.396 e. The number of amidine groups is 1. The number of aliphatic imine (C=N–C) groups is 1. The predicted molar refractivity (Wildman–Crippen MR) is 130 cm³/mol. The molecule has 3 heteroatoms. The minimum atomic E-state index is 0.226. The molecule has 0 fully saturated rings. The van der Waals surface area contributed by atoms with Gasteiger partial charge in [0.25, 0.3) is 0 Å². The van der Waals surface area contributed by atoms with Gasteiger partial charge in [0.15, 0.2) is 0 Å². The highest BCUT2D eigenvalue weighted by Crippen LogP contribution is 2.28. The second-order valence-corrected chi connectivity index (χ2v) is 8.12. The quantitative estimate of drug-likeness (QED) is 0.226. The first-order valence-electron chi connectivity index (χ1n) is 10.9. The molecular weight excluding hydrogens is 368 g/mol. The fourth-order valence-corrected chi connectivity index (χ4v) is 3.37. The third kappa shape index (κ3) is 7.00. The number of allylic oxidation sites excluding steroid dienone is 2. The van der Waals surface area contributed by atoms with Gasteiger partial charge in [0.05, 0.1) is 5.70 Å². The predicted octanol–water partition coefficient (Wildman–Crippen LogP) is 6.42. The van der Waals surface area contributed by atoms with Gasteiger partial charge >= 0.3 is 0 Å². The van der Waals surface area contributed by atoms with E-state index in [0.29, 0.717) is 6.04 Å². The van der Waals surface area contributed by atoms with Crippen LogP contribution in [0.3, 0.4) is 0 Å². The molecule has 0 saturated heterocycles. The van der Waals surface area contributed by atoms with Crippen molar-refractivity contribution in [3.63, 3.8) is 0 Å². The highest BCUT2D eigenvalue weighted by Gasteiger charge is 2.16. The van der Waals surface area contributed by atoms with Crippen LogP contribution in [0.2, 0.25) is 0 Å². The number of hydrogen-bond donors (Lipinski definition) is 1. The van der Waals surface area contributed by atoms with Crippen LogP contribution in [0, 0.1) is 0 Å². The Hall–Kier alpha value is -2.65. The molecule has 1 N–H and O–H groups in total. The average molecular weight is 405 g/mol. The lowest BCUT2D eigenvalue weighted by molar-refractivity contribution is 0.268. The molecule has 160 valence electrons. The molecule has 0 aromatic heterocycles. The summed E-state index contributed by atoms with van der Waals surface area (Å²) in [7, 11) is 0. The second-order valence-electron chi connectivity index (χ2n) is 8.12. The van der Waals surface area contributed by atoms with Crippen LogP contribution in [-0.4, -0.2) is 35.0 Å². The van der Waals surface area contributed by atoms with Crippen molar-refractivity contribution >= 4 is 17.1 Å². The Bertz CT molecular complexity index is 860. The lowest BCUT2D eigenvalue weighted by Gasteiger charge is -2.29. The van der Waals surface area contributed by atoms with Gasteiger partial charge in [0.1, 0.15) is 5.84 Å². The van der Waals surface area contributed by atoms with E-state index in [4.69, 9.17) is 4.99 Å². The van der Waals surface area contributed by atoms with Gasteiger partial charge < -0.3 is 10.0 Å². The summed E-state index contributed by atoms with van der Waals surface area (Å²) in [6.45, 7) is 11.9. The van der Waals surface area contributed by atoms with E-state index in [2.05, 4.69) is 94.1 Å². The largest absolute Gasteiger partial charge is 0.396 e. The van der Waals surface area contributed by atoms with E-state index in [0.717, 1.165) is 42.1 Å². The van der Waals surface area contributed by atoms with E-state index in [1.54, 1.807) is 0 Å². The number of nitrogens with zero attached hydrogens (tertiary/aromatic N) is 2. The molecule has 0 bridgehead atoms. The molecule has 0 radical (unpaired) electrons. The molecule has 0 spiro atoms. The average Bonchev–Trinajstić information content (AvgIpc) is 2.74. The third-order valence-corrected chi connectivity index (χ3v) is 4.98. The number of aliphatic hydroxyl groups excluding tert-OH is 1. The van der Waals surface area contributed by atoms with Crippen LogP contribution in [0.25, 0.3) is 11.3 Å². The number of hydrogen-bond acceptors (Lipinski definition) is 2. The zero-order valence-electron chi connectivity index (χ0n) is 19.1. The standard InChI is InChI=1S/C27H36N2O/c1-21(2)20-26(29(22(3)4)18-12-13-19-30)28-27(25-16-10-7-11-17-25)23(5)24-14-8-6-9-15-24/h6-11,14-17,20,22,30H,12-13,18-19H2,1-5H3/b27-23+,28-26?. The summed E-state index contributed by atoms with van der Waals surface area (Å²) in [5, 5.41) is 9.23. The first-order chi connectivity index (χ1) is 14.4. The number of aliphatic hydroxyl groups is 1. The summed E-state index contributed by atoms with van der Waals surface area (Å²) >= 11 is 0. The van der Waals surface area contributed by atoms with Crippen molar-refractivity contribution in [1.82, 2.24) is 4.90 Å².